The summed E-state index contributed by atoms with van der Waals surface area (Å²) < 4.78 is 20.1. The van der Waals surface area contributed by atoms with E-state index in [2.05, 4.69) is 28.9 Å². The smallest absolute Gasteiger partial charge is 0.146 e. The number of ether oxygens (including phenoxy) is 1. The Hall–Kier alpha value is -2.89. The molecule has 1 aliphatic heterocycles. The average molecular weight is 477 g/mol. The second-order valence-corrected chi connectivity index (χ2v) is 9.58. The van der Waals surface area contributed by atoms with E-state index in [1.54, 1.807) is 6.07 Å². The molecule has 3 aromatic rings. The fourth-order valence-corrected chi connectivity index (χ4v) is 4.85. The maximum absolute atomic E-state index is 14.3. The molecule has 0 spiro atoms. The molecule has 35 heavy (non-hydrogen) atoms. The van der Waals surface area contributed by atoms with E-state index in [0.717, 1.165) is 62.4 Å². The molecule has 4 rings (SSSR count). The molecule has 0 bridgehead atoms. The van der Waals surface area contributed by atoms with Crippen LogP contribution >= 0.6 is 0 Å². The van der Waals surface area contributed by atoms with Gasteiger partial charge in [-0.3, -0.25) is 4.90 Å². The van der Waals surface area contributed by atoms with Gasteiger partial charge in [-0.1, -0.05) is 67.9 Å². The SMILES string of the molecule is CCCCOc1ccc([C@@](C)(O)[C@H](CN2CCN(c3ccccc3F)CC2)c2ccccc2)cc1. The Morgan fingerprint density at radius 1 is 0.914 bits per heavy atom. The van der Waals surface area contributed by atoms with Gasteiger partial charge in [0.05, 0.1) is 17.9 Å². The van der Waals surface area contributed by atoms with Crippen molar-refractivity contribution in [3.63, 3.8) is 0 Å². The van der Waals surface area contributed by atoms with Gasteiger partial charge in [0, 0.05) is 38.6 Å². The lowest BCUT2D eigenvalue weighted by atomic mass is 9.78. The number of hydrogen-bond acceptors (Lipinski definition) is 4. The van der Waals surface area contributed by atoms with Crippen LogP contribution in [0.15, 0.2) is 78.9 Å². The number of para-hydroxylation sites is 1. The predicted molar refractivity (Wildman–Crippen MR) is 141 cm³/mol. The fourth-order valence-electron chi connectivity index (χ4n) is 4.85. The van der Waals surface area contributed by atoms with Gasteiger partial charge in [0.15, 0.2) is 0 Å². The largest absolute Gasteiger partial charge is 0.494 e. The van der Waals surface area contributed by atoms with Crippen molar-refractivity contribution in [2.75, 3.05) is 44.2 Å². The van der Waals surface area contributed by atoms with Crippen LogP contribution in [0, 0.1) is 5.82 Å². The Labute approximate surface area is 209 Å². The zero-order valence-electron chi connectivity index (χ0n) is 20.9. The highest BCUT2D eigenvalue weighted by molar-refractivity contribution is 5.48. The van der Waals surface area contributed by atoms with Crippen LogP contribution in [0.25, 0.3) is 0 Å². The molecule has 0 radical (unpaired) electrons. The Bertz CT molecular complexity index is 1050. The Balaban J connectivity index is 1.48. The summed E-state index contributed by atoms with van der Waals surface area (Å²) >= 11 is 0. The first-order valence-electron chi connectivity index (χ1n) is 12.7. The summed E-state index contributed by atoms with van der Waals surface area (Å²) in [7, 11) is 0. The van der Waals surface area contributed by atoms with E-state index in [1.807, 2.05) is 61.5 Å². The first-order valence-corrected chi connectivity index (χ1v) is 12.7. The van der Waals surface area contributed by atoms with E-state index in [-0.39, 0.29) is 11.7 Å². The number of piperazine rings is 1. The molecular weight excluding hydrogens is 439 g/mol. The number of rotatable bonds is 10. The first-order chi connectivity index (χ1) is 17.0. The van der Waals surface area contributed by atoms with Crippen molar-refractivity contribution in [1.82, 2.24) is 4.90 Å². The summed E-state index contributed by atoms with van der Waals surface area (Å²) in [5, 5.41) is 11.9. The standard InChI is InChI=1S/C30H37FN2O2/c1-3-4-22-35-26-16-14-25(15-17-26)30(2,34)27(24-10-6-5-7-11-24)23-32-18-20-33(21-19-32)29-13-9-8-12-28(29)31/h5-17,27,34H,3-4,18-23H2,1-2H3/t27-,30-/m1/s1. The summed E-state index contributed by atoms with van der Waals surface area (Å²) in [6.07, 6.45) is 2.12. The molecule has 4 nitrogen and oxygen atoms in total. The maximum atomic E-state index is 14.3. The van der Waals surface area contributed by atoms with E-state index < -0.39 is 5.60 Å². The Morgan fingerprint density at radius 3 is 2.23 bits per heavy atom. The molecule has 0 unspecified atom stereocenters. The van der Waals surface area contributed by atoms with Crippen LogP contribution in [-0.2, 0) is 5.60 Å². The van der Waals surface area contributed by atoms with Crippen molar-refractivity contribution >= 4 is 5.69 Å². The highest BCUT2D eigenvalue weighted by Gasteiger charge is 2.36. The van der Waals surface area contributed by atoms with Crippen LogP contribution in [0.3, 0.4) is 0 Å². The van der Waals surface area contributed by atoms with Gasteiger partial charge in [-0.05, 0) is 48.7 Å². The van der Waals surface area contributed by atoms with Crippen LogP contribution in [0.1, 0.15) is 43.7 Å². The number of benzene rings is 3. The van der Waals surface area contributed by atoms with Crippen molar-refractivity contribution in [3.05, 3.63) is 95.8 Å². The van der Waals surface area contributed by atoms with Crippen LogP contribution in [0.5, 0.6) is 5.75 Å². The molecule has 1 fully saturated rings. The monoisotopic (exact) mass is 476 g/mol. The van der Waals surface area contributed by atoms with E-state index >= 15 is 0 Å². The van der Waals surface area contributed by atoms with Gasteiger partial charge in [-0.15, -0.1) is 0 Å². The second kappa shape index (κ2) is 11.7. The first kappa shape index (κ1) is 25.2. The zero-order chi connectivity index (χ0) is 24.7. The Morgan fingerprint density at radius 2 is 1.57 bits per heavy atom. The molecule has 1 saturated heterocycles. The quantitative estimate of drug-likeness (QED) is 0.374. The minimum atomic E-state index is -1.06. The third-order valence-electron chi connectivity index (χ3n) is 7.09. The molecule has 0 aliphatic carbocycles. The summed E-state index contributed by atoms with van der Waals surface area (Å²) in [5.41, 5.74) is 1.59. The van der Waals surface area contributed by atoms with Gasteiger partial charge in [0.1, 0.15) is 11.6 Å². The second-order valence-electron chi connectivity index (χ2n) is 9.58. The number of unbranched alkanes of at least 4 members (excludes halogenated alkanes) is 1. The van der Waals surface area contributed by atoms with Crippen molar-refractivity contribution in [2.45, 2.75) is 38.2 Å². The number of anilines is 1. The van der Waals surface area contributed by atoms with Crippen LogP contribution in [0.2, 0.25) is 0 Å². The van der Waals surface area contributed by atoms with Crippen molar-refractivity contribution in [3.8, 4) is 5.75 Å². The van der Waals surface area contributed by atoms with Crippen LogP contribution < -0.4 is 9.64 Å². The molecule has 0 saturated carbocycles. The average Bonchev–Trinajstić information content (AvgIpc) is 2.89. The molecule has 1 aliphatic rings. The molecule has 0 aromatic heterocycles. The number of halogens is 1. The lowest BCUT2D eigenvalue weighted by molar-refractivity contribution is 0.0121. The third-order valence-corrected chi connectivity index (χ3v) is 7.09. The number of nitrogens with zero attached hydrogens (tertiary/aromatic N) is 2. The molecule has 2 atom stereocenters. The van der Waals surface area contributed by atoms with E-state index in [0.29, 0.717) is 12.3 Å². The van der Waals surface area contributed by atoms with Crippen LogP contribution in [-0.4, -0.2) is 49.3 Å². The van der Waals surface area contributed by atoms with Crippen molar-refractivity contribution in [1.29, 1.82) is 0 Å². The molecule has 3 aromatic carbocycles. The fraction of sp³-hybridized carbons (Fsp3) is 0.400. The topological polar surface area (TPSA) is 35.9 Å². The van der Waals surface area contributed by atoms with E-state index in [4.69, 9.17) is 4.74 Å². The van der Waals surface area contributed by atoms with E-state index in [1.165, 1.54) is 6.07 Å². The van der Waals surface area contributed by atoms with Gasteiger partial charge in [0.25, 0.3) is 0 Å². The van der Waals surface area contributed by atoms with E-state index in [9.17, 15) is 9.50 Å². The van der Waals surface area contributed by atoms with Gasteiger partial charge >= 0.3 is 0 Å². The van der Waals surface area contributed by atoms with Gasteiger partial charge in [-0.2, -0.15) is 0 Å². The molecular formula is C30H37FN2O2. The number of aliphatic hydroxyl groups is 1. The molecule has 1 heterocycles. The summed E-state index contributed by atoms with van der Waals surface area (Å²) in [6, 6.07) is 25.1. The minimum absolute atomic E-state index is 0.115. The van der Waals surface area contributed by atoms with Gasteiger partial charge < -0.3 is 14.7 Å². The van der Waals surface area contributed by atoms with Gasteiger partial charge in [-0.25, -0.2) is 4.39 Å². The Kier molecular flexibility index (Phi) is 8.42. The lowest BCUT2D eigenvalue weighted by Gasteiger charge is -2.41. The summed E-state index contributed by atoms with van der Waals surface area (Å²) in [6.45, 7) is 8.63. The van der Waals surface area contributed by atoms with Crippen molar-refractivity contribution in [2.24, 2.45) is 0 Å². The lowest BCUT2D eigenvalue weighted by Crippen LogP contribution is -2.49. The zero-order valence-corrected chi connectivity index (χ0v) is 20.9. The predicted octanol–water partition coefficient (Wildman–Crippen LogP) is 5.82. The highest BCUT2D eigenvalue weighted by atomic mass is 19.1. The third kappa shape index (κ3) is 6.22. The number of hydrogen-bond donors (Lipinski definition) is 1. The molecule has 5 heteroatoms. The summed E-state index contributed by atoms with van der Waals surface area (Å²) in [4.78, 5) is 4.49. The summed E-state index contributed by atoms with van der Waals surface area (Å²) in [5.74, 6) is 0.544. The molecule has 1 N–H and O–H groups in total. The minimum Gasteiger partial charge on any atom is -0.494 e. The highest BCUT2D eigenvalue weighted by Crippen LogP contribution is 2.38. The maximum Gasteiger partial charge on any atom is 0.146 e. The molecule has 186 valence electrons. The van der Waals surface area contributed by atoms with Crippen LogP contribution in [0.4, 0.5) is 10.1 Å². The molecule has 0 amide bonds. The normalized spacial score (nSPS) is 17.1. The van der Waals surface area contributed by atoms with Crippen molar-refractivity contribution < 1.29 is 14.2 Å². The van der Waals surface area contributed by atoms with Gasteiger partial charge in [0.2, 0.25) is 0 Å².